The van der Waals surface area contributed by atoms with Crippen LogP contribution in [0.25, 0.3) is 0 Å². The summed E-state index contributed by atoms with van der Waals surface area (Å²) in [6.07, 6.45) is -3.57. The van der Waals surface area contributed by atoms with Gasteiger partial charge in [0.15, 0.2) is 6.61 Å². The Morgan fingerprint density at radius 1 is 1.30 bits per heavy atom. The second-order valence-corrected chi connectivity index (χ2v) is 5.06. The molecule has 0 fully saturated rings. The zero-order chi connectivity index (χ0) is 15.0. The first-order chi connectivity index (χ1) is 9.42. The third-order valence-corrected chi connectivity index (χ3v) is 3.12. The highest BCUT2D eigenvalue weighted by atomic mass is 32.2. The molecule has 0 aliphatic heterocycles. The van der Waals surface area contributed by atoms with E-state index in [0.29, 0.717) is 18.7 Å². The van der Waals surface area contributed by atoms with Gasteiger partial charge in [0.2, 0.25) is 0 Å². The van der Waals surface area contributed by atoms with Crippen LogP contribution < -0.4 is 10.1 Å². The summed E-state index contributed by atoms with van der Waals surface area (Å²) in [6.45, 7) is 1.41. The number of hydrogen-bond acceptors (Lipinski definition) is 4. The first kappa shape index (κ1) is 17.0. The normalized spacial score (nSPS) is 11.4. The summed E-state index contributed by atoms with van der Waals surface area (Å²) in [6, 6.07) is 5.79. The summed E-state index contributed by atoms with van der Waals surface area (Å²) in [4.78, 5) is 0. The predicted octanol–water partition coefficient (Wildman–Crippen LogP) is 4.03. The third kappa shape index (κ3) is 6.91. The van der Waals surface area contributed by atoms with Gasteiger partial charge in [-0.1, -0.05) is 6.07 Å². The summed E-state index contributed by atoms with van der Waals surface area (Å²) in [5.41, 5.74) is 1.99. The first-order valence-corrected chi connectivity index (χ1v) is 7.03. The Morgan fingerprint density at radius 3 is 2.70 bits per heavy atom. The van der Waals surface area contributed by atoms with Crippen LogP contribution in [0.2, 0.25) is 0 Å². The molecule has 1 aromatic carbocycles. The number of methoxy groups -OCH3 is 1. The van der Waals surface area contributed by atoms with Crippen molar-refractivity contribution in [1.82, 2.24) is 0 Å². The molecule has 0 aliphatic rings. The van der Waals surface area contributed by atoms with Crippen LogP contribution in [0.4, 0.5) is 18.9 Å². The standard InChI is InChI=1S/C13H18F3NO2S/c1-10-4-5-12(18-2)11(8-10)17-6-3-7-20-19-9-13(14,15)16/h4-5,8,17H,3,6-7,9H2,1-2H3. The fourth-order valence-electron chi connectivity index (χ4n) is 1.48. The molecule has 1 aromatic rings. The van der Waals surface area contributed by atoms with Crippen LogP contribution >= 0.6 is 12.0 Å². The molecule has 0 spiro atoms. The van der Waals surface area contributed by atoms with Crippen LogP contribution in [0.1, 0.15) is 12.0 Å². The number of aryl methyl sites for hydroxylation is 1. The van der Waals surface area contributed by atoms with Gasteiger partial charge in [-0.2, -0.15) is 13.2 Å². The Hall–Kier alpha value is -1.08. The smallest absolute Gasteiger partial charge is 0.413 e. The van der Waals surface area contributed by atoms with Crippen molar-refractivity contribution < 1.29 is 22.1 Å². The molecule has 0 unspecified atom stereocenters. The number of hydrogen-bond donors (Lipinski definition) is 1. The Labute approximate surface area is 121 Å². The Morgan fingerprint density at radius 2 is 2.05 bits per heavy atom. The van der Waals surface area contributed by atoms with Crippen LogP contribution in [-0.2, 0) is 4.18 Å². The molecule has 0 saturated heterocycles. The second kappa shape index (κ2) is 8.26. The van der Waals surface area contributed by atoms with Crippen LogP contribution in [0.5, 0.6) is 5.75 Å². The van der Waals surface area contributed by atoms with Gasteiger partial charge in [-0.3, -0.25) is 0 Å². The fraction of sp³-hybridized carbons (Fsp3) is 0.538. The maximum absolute atomic E-state index is 11.8. The zero-order valence-corrected chi connectivity index (χ0v) is 12.2. The van der Waals surface area contributed by atoms with Crippen LogP contribution in [0.3, 0.4) is 0 Å². The molecule has 114 valence electrons. The SMILES string of the molecule is COc1ccc(C)cc1NCCCSOCC(F)(F)F. The van der Waals surface area contributed by atoms with Crippen molar-refractivity contribution in [2.75, 3.05) is 31.3 Å². The van der Waals surface area contributed by atoms with Gasteiger partial charge in [0, 0.05) is 12.3 Å². The molecule has 0 aromatic heterocycles. The summed E-state index contributed by atoms with van der Waals surface area (Å²) in [5.74, 6) is 1.24. The summed E-state index contributed by atoms with van der Waals surface area (Å²) in [5, 5.41) is 3.20. The van der Waals surface area contributed by atoms with E-state index in [1.807, 2.05) is 25.1 Å². The molecule has 0 heterocycles. The number of alkyl halides is 3. The van der Waals surface area contributed by atoms with Crippen molar-refractivity contribution in [3.63, 3.8) is 0 Å². The van der Waals surface area contributed by atoms with E-state index >= 15 is 0 Å². The minimum atomic E-state index is -4.26. The summed E-state index contributed by atoms with van der Waals surface area (Å²) >= 11 is 0.837. The highest BCUT2D eigenvalue weighted by molar-refractivity contribution is 7.94. The van der Waals surface area contributed by atoms with Crippen LogP contribution in [0, 0.1) is 6.92 Å². The molecular formula is C13H18F3NO2S. The topological polar surface area (TPSA) is 30.5 Å². The molecule has 0 radical (unpaired) electrons. The highest BCUT2D eigenvalue weighted by Gasteiger charge is 2.27. The number of ether oxygens (including phenoxy) is 1. The van der Waals surface area contributed by atoms with Crippen molar-refractivity contribution in [2.24, 2.45) is 0 Å². The lowest BCUT2D eigenvalue weighted by molar-refractivity contribution is -0.150. The maximum atomic E-state index is 11.8. The van der Waals surface area contributed by atoms with Gasteiger partial charge < -0.3 is 14.2 Å². The fourth-order valence-corrected chi connectivity index (χ4v) is 2.08. The minimum absolute atomic E-state index is 0.497. The molecule has 1 N–H and O–H groups in total. The van der Waals surface area contributed by atoms with E-state index in [2.05, 4.69) is 9.50 Å². The van der Waals surface area contributed by atoms with E-state index in [-0.39, 0.29) is 0 Å². The number of benzene rings is 1. The lowest BCUT2D eigenvalue weighted by Crippen LogP contribution is -2.14. The Bertz CT molecular complexity index is 413. The lowest BCUT2D eigenvalue weighted by Gasteiger charge is -2.12. The van der Waals surface area contributed by atoms with E-state index < -0.39 is 12.8 Å². The highest BCUT2D eigenvalue weighted by Crippen LogP contribution is 2.25. The van der Waals surface area contributed by atoms with Crippen molar-refractivity contribution in [1.29, 1.82) is 0 Å². The average molecular weight is 309 g/mol. The van der Waals surface area contributed by atoms with E-state index in [1.165, 1.54) is 0 Å². The molecular weight excluding hydrogens is 291 g/mol. The average Bonchev–Trinajstić information content (AvgIpc) is 2.36. The van der Waals surface area contributed by atoms with Gasteiger partial charge in [0.1, 0.15) is 5.75 Å². The number of anilines is 1. The molecule has 7 heteroatoms. The largest absolute Gasteiger partial charge is 0.495 e. The minimum Gasteiger partial charge on any atom is -0.495 e. The van der Waals surface area contributed by atoms with Crippen molar-refractivity contribution >= 4 is 17.7 Å². The quantitative estimate of drug-likeness (QED) is 0.580. The number of rotatable bonds is 8. The maximum Gasteiger partial charge on any atom is 0.413 e. The van der Waals surface area contributed by atoms with E-state index in [0.717, 1.165) is 29.0 Å². The number of halogens is 3. The van der Waals surface area contributed by atoms with Gasteiger partial charge in [-0.25, -0.2) is 0 Å². The molecule has 20 heavy (non-hydrogen) atoms. The van der Waals surface area contributed by atoms with Gasteiger partial charge in [-0.05, 0) is 43.1 Å². The third-order valence-electron chi connectivity index (χ3n) is 2.38. The van der Waals surface area contributed by atoms with Gasteiger partial charge in [-0.15, -0.1) is 0 Å². The van der Waals surface area contributed by atoms with Crippen molar-refractivity contribution in [2.45, 2.75) is 19.5 Å². The monoisotopic (exact) mass is 309 g/mol. The van der Waals surface area contributed by atoms with Crippen LogP contribution in [-0.4, -0.2) is 32.2 Å². The summed E-state index contributed by atoms with van der Waals surface area (Å²) < 4.78 is 45.1. The zero-order valence-electron chi connectivity index (χ0n) is 11.4. The predicted molar refractivity (Wildman–Crippen MR) is 75.3 cm³/mol. The van der Waals surface area contributed by atoms with Crippen molar-refractivity contribution in [3.8, 4) is 5.75 Å². The van der Waals surface area contributed by atoms with E-state index in [1.54, 1.807) is 7.11 Å². The lowest BCUT2D eigenvalue weighted by atomic mass is 10.2. The molecule has 1 rings (SSSR count). The summed E-state index contributed by atoms with van der Waals surface area (Å²) in [7, 11) is 1.59. The molecule has 3 nitrogen and oxygen atoms in total. The van der Waals surface area contributed by atoms with E-state index in [9.17, 15) is 13.2 Å². The molecule has 0 amide bonds. The second-order valence-electron chi connectivity index (χ2n) is 4.18. The van der Waals surface area contributed by atoms with Crippen molar-refractivity contribution in [3.05, 3.63) is 23.8 Å². The Balaban J connectivity index is 2.20. The molecule has 0 bridgehead atoms. The molecule has 0 aliphatic carbocycles. The number of nitrogens with one attached hydrogen (secondary N) is 1. The van der Waals surface area contributed by atoms with E-state index in [4.69, 9.17) is 4.74 Å². The molecule has 0 atom stereocenters. The van der Waals surface area contributed by atoms with Gasteiger partial charge in [0.25, 0.3) is 0 Å². The van der Waals surface area contributed by atoms with Gasteiger partial charge >= 0.3 is 6.18 Å². The van der Waals surface area contributed by atoms with Crippen LogP contribution in [0.15, 0.2) is 18.2 Å². The van der Waals surface area contributed by atoms with Gasteiger partial charge in [0.05, 0.1) is 12.8 Å². The Kier molecular flexibility index (Phi) is 7.01. The molecule has 0 saturated carbocycles. The first-order valence-electron chi connectivity index (χ1n) is 6.12.